The molecule has 1 fully saturated rings. The first kappa shape index (κ1) is 12.9. The van der Waals surface area contributed by atoms with Gasteiger partial charge in [0.25, 0.3) is 0 Å². The zero-order valence-corrected chi connectivity index (χ0v) is 12.4. The fraction of sp³-hybridized carbons (Fsp3) is 0.333. The van der Waals surface area contributed by atoms with Crippen LogP contribution in [0.15, 0.2) is 48.5 Å². The molecule has 3 heteroatoms. The predicted molar refractivity (Wildman–Crippen MR) is 84.3 cm³/mol. The van der Waals surface area contributed by atoms with Gasteiger partial charge in [-0.3, -0.25) is 0 Å². The molecule has 1 atom stereocenters. The number of nitrogens with zero attached hydrogens (tertiary/aromatic N) is 1. The molecule has 3 aromatic rings. The molecule has 0 radical (unpaired) electrons. The van der Waals surface area contributed by atoms with Gasteiger partial charge in [0.1, 0.15) is 0 Å². The predicted octanol–water partition coefficient (Wildman–Crippen LogP) is 3.95. The van der Waals surface area contributed by atoms with E-state index in [1.165, 1.54) is 21.8 Å². The van der Waals surface area contributed by atoms with Gasteiger partial charge in [0.05, 0.1) is 18.8 Å². The molecule has 2 heterocycles. The van der Waals surface area contributed by atoms with Gasteiger partial charge >= 0.3 is 0 Å². The molecular weight excluding hydrogens is 262 g/mol. The summed E-state index contributed by atoms with van der Waals surface area (Å²) in [7, 11) is 0. The molecule has 0 saturated carbocycles. The van der Waals surface area contributed by atoms with E-state index in [9.17, 15) is 0 Å². The summed E-state index contributed by atoms with van der Waals surface area (Å²) < 4.78 is 14.1. The fourth-order valence-electron chi connectivity index (χ4n) is 3.16. The summed E-state index contributed by atoms with van der Waals surface area (Å²) in [5.74, 6) is 0. The second-order valence-corrected chi connectivity index (χ2v) is 6.26. The lowest BCUT2D eigenvalue weighted by molar-refractivity contribution is -0.0857. The standard InChI is InChI=1S/C18H19NO2/c1-18(2)12-20-17(21-18)11-19-15-9-5-3-7-13(15)14-8-4-6-10-16(14)19/h3-10,17H,11-12H2,1-2H3/t17-/m1/s1. The normalized spacial score (nSPS) is 21.3. The topological polar surface area (TPSA) is 23.4 Å². The molecule has 1 aliphatic heterocycles. The van der Waals surface area contributed by atoms with E-state index < -0.39 is 0 Å². The third-order valence-electron chi connectivity index (χ3n) is 4.08. The number of hydrogen-bond acceptors (Lipinski definition) is 2. The van der Waals surface area contributed by atoms with E-state index in [0.717, 1.165) is 6.54 Å². The Balaban J connectivity index is 1.83. The first-order chi connectivity index (χ1) is 10.1. The first-order valence-corrected chi connectivity index (χ1v) is 7.39. The number of benzene rings is 2. The van der Waals surface area contributed by atoms with Crippen molar-refractivity contribution >= 4 is 21.8 Å². The third kappa shape index (κ3) is 2.13. The van der Waals surface area contributed by atoms with Gasteiger partial charge in [0.2, 0.25) is 0 Å². The average Bonchev–Trinajstić information content (AvgIpc) is 2.99. The number of fused-ring (bicyclic) bond motifs is 3. The highest BCUT2D eigenvalue weighted by Gasteiger charge is 2.33. The van der Waals surface area contributed by atoms with Crippen molar-refractivity contribution in [2.75, 3.05) is 6.61 Å². The van der Waals surface area contributed by atoms with Gasteiger partial charge < -0.3 is 14.0 Å². The van der Waals surface area contributed by atoms with Crippen LogP contribution in [0.2, 0.25) is 0 Å². The zero-order valence-electron chi connectivity index (χ0n) is 12.4. The molecule has 0 spiro atoms. The molecule has 2 aromatic carbocycles. The van der Waals surface area contributed by atoms with Crippen LogP contribution in [0.4, 0.5) is 0 Å². The van der Waals surface area contributed by atoms with Gasteiger partial charge in [-0.2, -0.15) is 0 Å². The van der Waals surface area contributed by atoms with E-state index in [1.54, 1.807) is 0 Å². The molecule has 4 rings (SSSR count). The Hall–Kier alpha value is -1.84. The van der Waals surface area contributed by atoms with Crippen molar-refractivity contribution in [2.24, 2.45) is 0 Å². The van der Waals surface area contributed by atoms with Crippen molar-refractivity contribution < 1.29 is 9.47 Å². The van der Waals surface area contributed by atoms with E-state index in [0.29, 0.717) is 6.61 Å². The van der Waals surface area contributed by atoms with Gasteiger partial charge in [-0.1, -0.05) is 36.4 Å². The van der Waals surface area contributed by atoms with E-state index in [-0.39, 0.29) is 11.9 Å². The quantitative estimate of drug-likeness (QED) is 0.710. The smallest absolute Gasteiger partial charge is 0.176 e. The second kappa shape index (κ2) is 4.58. The van der Waals surface area contributed by atoms with Crippen molar-refractivity contribution in [2.45, 2.75) is 32.3 Å². The number of rotatable bonds is 2. The molecule has 1 aromatic heterocycles. The highest BCUT2D eigenvalue weighted by molar-refractivity contribution is 6.07. The summed E-state index contributed by atoms with van der Waals surface area (Å²) in [5, 5.41) is 2.57. The molecule has 0 amide bonds. The summed E-state index contributed by atoms with van der Waals surface area (Å²) in [5.41, 5.74) is 2.27. The number of ether oxygens (including phenoxy) is 2. The van der Waals surface area contributed by atoms with Gasteiger partial charge in [-0.25, -0.2) is 0 Å². The molecule has 0 unspecified atom stereocenters. The Morgan fingerprint density at radius 2 is 1.57 bits per heavy atom. The summed E-state index contributed by atoms with van der Waals surface area (Å²) in [6, 6.07) is 17.0. The van der Waals surface area contributed by atoms with E-state index in [1.807, 2.05) is 0 Å². The van der Waals surface area contributed by atoms with Gasteiger partial charge in [-0.05, 0) is 26.0 Å². The van der Waals surface area contributed by atoms with Crippen LogP contribution in [-0.2, 0) is 16.0 Å². The van der Waals surface area contributed by atoms with Crippen LogP contribution >= 0.6 is 0 Å². The third-order valence-corrected chi connectivity index (χ3v) is 4.08. The summed E-state index contributed by atoms with van der Waals surface area (Å²) >= 11 is 0. The van der Waals surface area contributed by atoms with Crippen LogP contribution < -0.4 is 0 Å². The molecule has 0 N–H and O–H groups in total. The van der Waals surface area contributed by atoms with Crippen LogP contribution in [0.5, 0.6) is 0 Å². The minimum absolute atomic E-state index is 0.181. The monoisotopic (exact) mass is 281 g/mol. The largest absolute Gasteiger partial charge is 0.348 e. The Morgan fingerprint density at radius 3 is 2.10 bits per heavy atom. The Kier molecular flexibility index (Phi) is 2.81. The molecule has 21 heavy (non-hydrogen) atoms. The maximum Gasteiger partial charge on any atom is 0.176 e. The lowest BCUT2D eigenvalue weighted by Gasteiger charge is -2.17. The Morgan fingerprint density at radius 1 is 1.00 bits per heavy atom. The number of para-hydroxylation sites is 2. The maximum atomic E-state index is 5.98. The van der Waals surface area contributed by atoms with Crippen LogP contribution in [-0.4, -0.2) is 23.1 Å². The fourth-order valence-corrected chi connectivity index (χ4v) is 3.16. The van der Waals surface area contributed by atoms with Crippen LogP contribution in [0.1, 0.15) is 13.8 Å². The molecule has 1 saturated heterocycles. The van der Waals surface area contributed by atoms with E-state index in [2.05, 4.69) is 66.9 Å². The number of hydrogen-bond donors (Lipinski definition) is 0. The highest BCUT2D eigenvalue weighted by Crippen LogP contribution is 2.31. The number of aromatic nitrogens is 1. The summed E-state index contributed by atoms with van der Waals surface area (Å²) in [4.78, 5) is 0. The lowest BCUT2D eigenvalue weighted by atomic mass is 10.2. The van der Waals surface area contributed by atoms with Crippen LogP contribution in [0.3, 0.4) is 0 Å². The van der Waals surface area contributed by atoms with Crippen molar-refractivity contribution in [1.82, 2.24) is 4.57 Å². The molecule has 0 bridgehead atoms. The first-order valence-electron chi connectivity index (χ1n) is 7.39. The van der Waals surface area contributed by atoms with E-state index in [4.69, 9.17) is 9.47 Å². The molecule has 108 valence electrons. The van der Waals surface area contributed by atoms with Crippen LogP contribution in [0.25, 0.3) is 21.8 Å². The average molecular weight is 281 g/mol. The van der Waals surface area contributed by atoms with Crippen molar-refractivity contribution in [3.63, 3.8) is 0 Å². The minimum Gasteiger partial charge on any atom is -0.348 e. The van der Waals surface area contributed by atoms with Crippen LogP contribution in [0, 0.1) is 0 Å². The SMILES string of the molecule is CC1(C)CO[C@@H](Cn2c3ccccc3c3ccccc32)O1. The van der Waals surface area contributed by atoms with Gasteiger partial charge in [-0.15, -0.1) is 0 Å². The highest BCUT2D eigenvalue weighted by atomic mass is 16.7. The van der Waals surface area contributed by atoms with E-state index >= 15 is 0 Å². The lowest BCUT2D eigenvalue weighted by Crippen LogP contribution is -2.24. The van der Waals surface area contributed by atoms with Gasteiger partial charge in [0, 0.05) is 21.8 Å². The summed E-state index contributed by atoms with van der Waals surface area (Å²) in [6.07, 6.45) is -0.181. The van der Waals surface area contributed by atoms with Gasteiger partial charge in [0.15, 0.2) is 6.29 Å². The van der Waals surface area contributed by atoms with Crippen molar-refractivity contribution in [3.05, 3.63) is 48.5 Å². The second-order valence-electron chi connectivity index (χ2n) is 6.26. The molecule has 1 aliphatic rings. The van der Waals surface area contributed by atoms with Crippen molar-refractivity contribution in [1.29, 1.82) is 0 Å². The van der Waals surface area contributed by atoms with Crippen molar-refractivity contribution in [3.8, 4) is 0 Å². The molecule has 0 aliphatic carbocycles. The molecule has 3 nitrogen and oxygen atoms in total. The maximum absolute atomic E-state index is 5.98. The molecular formula is C18H19NO2. The minimum atomic E-state index is -0.191. The zero-order chi connectivity index (χ0) is 14.4. The summed E-state index contributed by atoms with van der Waals surface area (Å²) in [6.45, 7) is 5.50. The Bertz CT molecular complexity index is 750. The Labute approximate surface area is 124 Å².